The van der Waals surface area contributed by atoms with Crippen LogP contribution >= 0.6 is 0 Å². The first-order valence-electron chi connectivity index (χ1n) is 9.75. The van der Waals surface area contributed by atoms with Crippen LogP contribution in [0.15, 0.2) is 41.2 Å². The highest BCUT2D eigenvalue weighted by atomic mass is 19.1. The summed E-state index contributed by atoms with van der Waals surface area (Å²) in [5.41, 5.74) is 10.5. The van der Waals surface area contributed by atoms with E-state index in [-0.39, 0.29) is 51.1 Å². The molecular weight excluding hydrogens is 444 g/mol. The van der Waals surface area contributed by atoms with E-state index in [1.165, 1.54) is 18.2 Å². The van der Waals surface area contributed by atoms with Gasteiger partial charge in [-0.05, 0) is 37.3 Å². The van der Waals surface area contributed by atoms with Gasteiger partial charge in [0.05, 0.1) is 28.2 Å². The number of aromatic nitrogens is 4. The summed E-state index contributed by atoms with van der Waals surface area (Å²) in [5, 5.41) is 21.7. The van der Waals surface area contributed by atoms with Gasteiger partial charge in [-0.3, -0.25) is 9.36 Å². The van der Waals surface area contributed by atoms with Crippen molar-refractivity contribution in [3.8, 4) is 17.8 Å². The zero-order valence-corrected chi connectivity index (χ0v) is 17.5. The van der Waals surface area contributed by atoms with Crippen molar-refractivity contribution in [3.63, 3.8) is 0 Å². The van der Waals surface area contributed by atoms with Gasteiger partial charge in [-0.1, -0.05) is 6.07 Å². The summed E-state index contributed by atoms with van der Waals surface area (Å²) in [6.45, 7) is 1.59. The lowest BCUT2D eigenvalue weighted by atomic mass is 10.1. The average Bonchev–Trinajstić information content (AvgIpc) is 2.78. The molecule has 0 fully saturated rings. The standard InChI is InChI=1S/C22H15F2N9O/c1-10(29-19-16(9-26)18(27)31-22(28)32-19)20-30-17-11(8-25)5-13(24)7-15(17)21(34)33(20)14-4-2-3-12(23)6-14/h2-7,10H,1H3,(H5,27,28,29,31,32). The van der Waals surface area contributed by atoms with Gasteiger partial charge in [0.15, 0.2) is 5.82 Å². The van der Waals surface area contributed by atoms with Crippen LogP contribution in [0.1, 0.15) is 29.9 Å². The topological polar surface area (TPSA) is 172 Å². The Bertz CT molecular complexity index is 1600. The monoisotopic (exact) mass is 459 g/mol. The molecule has 0 aliphatic rings. The van der Waals surface area contributed by atoms with Gasteiger partial charge in [0.25, 0.3) is 5.56 Å². The van der Waals surface area contributed by atoms with Crippen molar-refractivity contribution < 1.29 is 8.78 Å². The molecule has 0 saturated heterocycles. The van der Waals surface area contributed by atoms with E-state index >= 15 is 0 Å². The molecule has 2 aromatic heterocycles. The molecule has 2 aromatic carbocycles. The van der Waals surface area contributed by atoms with Crippen LogP contribution in [0.2, 0.25) is 0 Å². The van der Waals surface area contributed by atoms with Crippen molar-refractivity contribution in [2.45, 2.75) is 13.0 Å². The average molecular weight is 459 g/mol. The molecule has 4 aromatic rings. The van der Waals surface area contributed by atoms with Gasteiger partial charge in [-0.25, -0.2) is 13.8 Å². The Morgan fingerprint density at radius 1 is 1.06 bits per heavy atom. The van der Waals surface area contributed by atoms with Crippen LogP contribution in [0.3, 0.4) is 0 Å². The highest BCUT2D eigenvalue weighted by molar-refractivity contribution is 5.84. The van der Waals surface area contributed by atoms with Crippen molar-refractivity contribution in [2.24, 2.45) is 0 Å². The molecule has 12 heteroatoms. The number of nitrogens with two attached hydrogens (primary N) is 2. The fourth-order valence-electron chi connectivity index (χ4n) is 3.49. The molecular formula is C22H15F2N9O. The van der Waals surface area contributed by atoms with E-state index < -0.39 is 23.2 Å². The molecule has 0 amide bonds. The lowest BCUT2D eigenvalue weighted by molar-refractivity contribution is 0.623. The number of hydrogen-bond acceptors (Lipinski definition) is 9. The normalized spacial score (nSPS) is 11.6. The zero-order valence-electron chi connectivity index (χ0n) is 17.5. The van der Waals surface area contributed by atoms with E-state index in [1.807, 2.05) is 12.1 Å². The number of nitrogens with one attached hydrogen (secondary N) is 1. The number of nitriles is 2. The molecule has 168 valence electrons. The van der Waals surface area contributed by atoms with E-state index in [9.17, 15) is 24.1 Å². The van der Waals surface area contributed by atoms with E-state index in [0.29, 0.717) is 0 Å². The molecule has 0 saturated carbocycles. The van der Waals surface area contributed by atoms with Crippen LogP contribution in [-0.4, -0.2) is 19.5 Å². The van der Waals surface area contributed by atoms with Crippen LogP contribution < -0.4 is 22.3 Å². The highest BCUT2D eigenvalue weighted by Gasteiger charge is 2.22. The molecule has 0 bridgehead atoms. The van der Waals surface area contributed by atoms with Crippen LogP contribution in [-0.2, 0) is 0 Å². The van der Waals surface area contributed by atoms with E-state index in [2.05, 4.69) is 20.3 Å². The summed E-state index contributed by atoms with van der Waals surface area (Å²) in [6, 6.07) is 9.95. The van der Waals surface area contributed by atoms with Gasteiger partial charge in [-0.15, -0.1) is 0 Å². The SMILES string of the molecule is CC(Nc1nc(N)nc(N)c1C#N)c1nc2c(C#N)cc(F)cc2c(=O)n1-c1cccc(F)c1. The molecule has 0 radical (unpaired) electrons. The predicted molar refractivity (Wildman–Crippen MR) is 120 cm³/mol. The summed E-state index contributed by atoms with van der Waals surface area (Å²) in [5.74, 6) is -1.73. The number of halogens is 2. The Hall–Kier alpha value is -5.10. The van der Waals surface area contributed by atoms with Gasteiger partial charge in [-0.2, -0.15) is 20.5 Å². The largest absolute Gasteiger partial charge is 0.382 e. The maximum atomic E-state index is 14.1. The van der Waals surface area contributed by atoms with Crippen molar-refractivity contribution >= 4 is 28.5 Å². The number of hydrogen-bond donors (Lipinski definition) is 3. The minimum atomic E-state index is -0.849. The Morgan fingerprint density at radius 3 is 2.50 bits per heavy atom. The second kappa shape index (κ2) is 8.44. The first-order chi connectivity index (χ1) is 16.2. The van der Waals surface area contributed by atoms with E-state index in [1.54, 1.807) is 6.92 Å². The molecule has 2 heterocycles. The molecule has 5 N–H and O–H groups in total. The highest BCUT2D eigenvalue weighted by Crippen LogP contribution is 2.26. The number of anilines is 3. The van der Waals surface area contributed by atoms with Crippen LogP contribution in [0.25, 0.3) is 16.6 Å². The molecule has 0 aliphatic carbocycles. The van der Waals surface area contributed by atoms with Crippen molar-refractivity contribution in [2.75, 3.05) is 16.8 Å². The summed E-state index contributed by atoms with van der Waals surface area (Å²) < 4.78 is 29.2. The third-order valence-corrected chi connectivity index (χ3v) is 4.96. The number of fused-ring (bicyclic) bond motifs is 1. The maximum absolute atomic E-state index is 14.1. The van der Waals surface area contributed by atoms with Crippen molar-refractivity contribution in [1.29, 1.82) is 10.5 Å². The van der Waals surface area contributed by atoms with Gasteiger partial charge in [0.1, 0.15) is 41.0 Å². The summed E-state index contributed by atoms with van der Waals surface area (Å²) >= 11 is 0. The predicted octanol–water partition coefficient (Wildman–Crippen LogP) is 2.53. The molecule has 10 nitrogen and oxygen atoms in total. The second-order valence-electron chi connectivity index (χ2n) is 7.22. The minimum Gasteiger partial charge on any atom is -0.382 e. The molecule has 0 spiro atoms. The molecule has 1 atom stereocenters. The first kappa shape index (κ1) is 22.1. The van der Waals surface area contributed by atoms with Gasteiger partial charge < -0.3 is 16.8 Å². The molecule has 4 rings (SSSR count). The zero-order chi connectivity index (χ0) is 24.6. The third kappa shape index (κ3) is 3.80. The number of benzene rings is 2. The van der Waals surface area contributed by atoms with Gasteiger partial charge in [0, 0.05) is 0 Å². The van der Waals surface area contributed by atoms with Crippen LogP contribution in [0.4, 0.5) is 26.4 Å². The van der Waals surface area contributed by atoms with Crippen LogP contribution in [0.5, 0.6) is 0 Å². The number of rotatable bonds is 4. The summed E-state index contributed by atoms with van der Waals surface area (Å²) in [7, 11) is 0. The van der Waals surface area contributed by atoms with Gasteiger partial charge >= 0.3 is 0 Å². The van der Waals surface area contributed by atoms with Crippen LogP contribution in [0, 0.1) is 34.3 Å². The third-order valence-electron chi connectivity index (χ3n) is 4.96. The lowest BCUT2D eigenvalue weighted by Crippen LogP contribution is -2.28. The van der Waals surface area contributed by atoms with E-state index in [0.717, 1.165) is 22.8 Å². The number of nitrogens with zero attached hydrogens (tertiary/aromatic N) is 6. The minimum absolute atomic E-state index is 0.0141. The molecule has 34 heavy (non-hydrogen) atoms. The second-order valence-corrected chi connectivity index (χ2v) is 7.22. The first-order valence-corrected chi connectivity index (χ1v) is 9.75. The van der Waals surface area contributed by atoms with Crippen molar-refractivity contribution in [3.05, 3.63) is 75.3 Å². The molecule has 0 aliphatic heterocycles. The lowest BCUT2D eigenvalue weighted by Gasteiger charge is -2.21. The quantitative estimate of drug-likeness (QED) is 0.414. The Kier molecular flexibility index (Phi) is 5.49. The Balaban J connectivity index is 2.01. The molecule has 1 unspecified atom stereocenters. The summed E-state index contributed by atoms with van der Waals surface area (Å²) in [4.78, 5) is 25.6. The Morgan fingerprint density at radius 2 is 1.82 bits per heavy atom. The fraction of sp³-hybridized carbons (Fsp3) is 0.0909. The smallest absolute Gasteiger partial charge is 0.266 e. The maximum Gasteiger partial charge on any atom is 0.266 e. The fourth-order valence-corrected chi connectivity index (χ4v) is 3.49. The Labute approximate surface area is 190 Å². The summed E-state index contributed by atoms with van der Waals surface area (Å²) in [6.07, 6.45) is 0. The number of nitrogen functional groups attached to an aromatic ring is 2. The van der Waals surface area contributed by atoms with Crippen molar-refractivity contribution in [1.82, 2.24) is 19.5 Å². The van der Waals surface area contributed by atoms with Gasteiger partial charge in [0.2, 0.25) is 5.95 Å². The van der Waals surface area contributed by atoms with E-state index in [4.69, 9.17) is 11.5 Å².